The van der Waals surface area contributed by atoms with E-state index in [1.165, 1.54) is 151 Å². The first-order chi connectivity index (χ1) is 39.3. The van der Waals surface area contributed by atoms with E-state index in [1.54, 1.807) is 0 Å². The summed E-state index contributed by atoms with van der Waals surface area (Å²) in [5, 5.41) is 17.5. The zero-order valence-electron chi connectivity index (χ0n) is 42.9. The van der Waals surface area contributed by atoms with Gasteiger partial charge < -0.3 is 9.13 Å². The Morgan fingerprint density at radius 2 is 0.582 bits per heavy atom. The number of fused-ring (bicyclic) bond motifs is 13. The molecule has 0 N–H and O–H groups in total. The summed E-state index contributed by atoms with van der Waals surface area (Å²) < 4.78 is 7.50. The summed E-state index contributed by atoms with van der Waals surface area (Å²) in [5.41, 5.74) is 17.1. The van der Waals surface area contributed by atoms with E-state index in [2.05, 4.69) is 288 Å². The van der Waals surface area contributed by atoms with Crippen LogP contribution in [0.2, 0.25) is 0 Å². The predicted octanol–water partition coefficient (Wildman–Crippen LogP) is 21.5. The molecule has 0 aliphatic carbocycles. The number of nitrogens with zero attached hydrogens (tertiary/aromatic N) is 2. The highest BCUT2D eigenvalue weighted by atomic mass is 32.1. The summed E-state index contributed by atoms with van der Waals surface area (Å²) >= 11 is 1.90. The van der Waals surface area contributed by atoms with E-state index in [1.807, 2.05) is 11.3 Å². The third-order valence-corrected chi connectivity index (χ3v) is 18.0. The molecular weight excluding hydrogens is 973 g/mol. The summed E-state index contributed by atoms with van der Waals surface area (Å²) in [6, 6.07) is 104. The maximum Gasteiger partial charge on any atom is 0.0619 e. The van der Waals surface area contributed by atoms with Crippen LogP contribution in [0, 0.1) is 0 Å². The van der Waals surface area contributed by atoms with E-state index in [4.69, 9.17) is 0 Å². The second-order valence-corrected chi connectivity index (χ2v) is 22.0. The van der Waals surface area contributed by atoms with Gasteiger partial charge in [-0.3, -0.25) is 0 Å². The van der Waals surface area contributed by atoms with Gasteiger partial charge in [0.05, 0.1) is 22.1 Å². The highest BCUT2D eigenvalue weighted by Gasteiger charge is 2.25. The molecule has 366 valence electrons. The minimum absolute atomic E-state index is 1.15. The van der Waals surface area contributed by atoms with E-state index in [0.717, 1.165) is 11.4 Å². The maximum absolute atomic E-state index is 2.47. The van der Waals surface area contributed by atoms with E-state index in [0.29, 0.717) is 0 Å². The molecular formula is C76H46N2S. The van der Waals surface area contributed by atoms with Crippen LogP contribution in [0.3, 0.4) is 0 Å². The average Bonchev–Trinajstić information content (AvgIpc) is 4.39. The van der Waals surface area contributed by atoms with Gasteiger partial charge in [-0.05, 0) is 125 Å². The number of aromatic nitrogens is 2. The fourth-order valence-corrected chi connectivity index (χ4v) is 14.9. The van der Waals surface area contributed by atoms with Crippen LogP contribution in [-0.4, -0.2) is 9.13 Å². The minimum atomic E-state index is 1.15. The molecule has 0 unspecified atom stereocenters. The molecule has 79 heavy (non-hydrogen) atoms. The minimum Gasteiger partial charge on any atom is -0.309 e. The molecule has 3 heterocycles. The molecule has 0 saturated carbocycles. The van der Waals surface area contributed by atoms with Crippen LogP contribution in [0.25, 0.3) is 163 Å². The van der Waals surface area contributed by atoms with Crippen molar-refractivity contribution in [2.45, 2.75) is 0 Å². The second-order valence-electron chi connectivity index (χ2n) is 21.0. The van der Waals surface area contributed by atoms with Gasteiger partial charge in [-0.25, -0.2) is 0 Å². The molecule has 3 aromatic heterocycles. The van der Waals surface area contributed by atoms with Gasteiger partial charge in [0.1, 0.15) is 0 Å². The summed E-state index contributed by atoms with van der Waals surface area (Å²) in [6.07, 6.45) is 0. The summed E-state index contributed by atoms with van der Waals surface area (Å²) in [7, 11) is 0. The fourth-order valence-electron chi connectivity index (χ4n) is 13.8. The van der Waals surface area contributed by atoms with Crippen LogP contribution in [0.4, 0.5) is 0 Å². The van der Waals surface area contributed by atoms with Crippen molar-refractivity contribution < 1.29 is 0 Å². The number of para-hydroxylation sites is 6. The Bertz CT molecular complexity index is 5250. The molecule has 3 heteroatoms. The number of hydrogen-bond acceptors (Lipinski definition) is 1. The standard InChI is InChI=1S/C76H46N2S/c1-3-22-48(23-4-1)77-66-41-17-15-26-50(66)60-36-19-39-64(75(60)77)72-54-30-9-7-28-52(54)70(53-29-8-10-31-55(53)72)47-44-45-62-69(46-47)79-68-43-21-38-63(74(62)68)71-56-32-11-13-34-58(56)73(59-35-14-12-33-57(59)71)65-40-20-37-61-51-27-16-18-42-67(51)78(76(61)65)49-24-5-2-6-25-49/h1-46H. The Hall–Kier alpha value is -10.1. The predicted molar refractivity (Wildman–Crippen MR) is 340 cm³/mol. The molecule has 0 atom stereocenters. The second kappa shape index (κ2) is 17.2. The van der Waals surface area contributed by atoms with Gasteiger partial charge >= 0.3 is 0 Å². The van der Waals surface area contributed by atoms with Gasteiger partial charge in [-0.15, -0.1) is 11.3 Å². The molecule has 0 aliphatic rings. The third kappa shape index (κ3) is 6.39. The van der Waals surface area contributed by atoms with Gasteiger partial charge in [-0.2, -0.15) is 0 Å². The molecule has 0 radical (unpaired) electrons. The first-order valence-electron chi connectivity index (χ1n) is 27.3. The molecule has 17 rings (SSSR count). The Morgan fingerprint density at radius 3 is 1.04 bits per heavy atom. The van der Waals surface area contributed by atoms with Crippen molar-refractivity contribution >= 4 is 118 Å². The molecule has 0 bridgehead atoms. The smallest absolute Gasteiger partial charge is 0.0619 e. The lowest BCUT2D eigenvalue weighted by Crippen LogP contribution is -1.97. The first kappa shape index (κ1) is 44.1. The quantitative estimate of drug-likeness (QED) is 0.147. The van der Waals surface area contributed by atoms with E-state index in [9.17, 15) is 0 Å². The number of benzene rings is 14. The monoisotopic (exact) mass is 1020 g/mol. The van der Waals surface area contributed by atoms with Crippen LogP contribution >= 0.6 is 11.3 Å². The lowest BCUT2D eigenvalue weighted by molar-refractivity contribution is 1.18. The van der Waals surface area contributed by atoms with E-state index < -0.39 is 0 Å². The van der Waals surface area contributed by atoms with E-state index in [-0.39, 0.29) is 0 Å². The van der Waals surface area contributed by atoms with Crippen molar-refractivity contribution in [3.63, 3.8) is 0 Å². The van der Waals surface area contributed by atoms with Crippen LogP contribution in [0.15, 0.2) is 279 Å². The van der Waals surface area contributed by atoms with Gasteiger partial charge in [0, 0.05) is 64.2 Å². The Balaban J connectivity index is 0.884. The van der Waals surface area contributed by atoms with Crippen molar-refractivity contribution in [1.29, 1.82) is 0 Å². The summed E-state index contributed by atoms with van der Waals surface area (Å²) in [5.74, 6) is 0. The molecule has 2 nitrogen and oxygen atoms in total. The molecule has 14 aromatic carbocycles. The molecule has 0 aliphatic heterocycles. The van der Waals surface area contributed by atoms with E-state index >= 15 is 0 Å². The molecule has 0 spiro atoms. The molecule has 0 amide bonds. The number of rotatable bonds is 6. The van der Waals surface area contributed by atoms with Crippen LogP contribution in [-0.2, 0) is 0 Å². The molecule has 0 fully saturated rings. The maximum atomic E-state index is 2.47. The van der Waals surface area contributed by atoms with Crippen molar-refractivity contribution in [2.75, 3.05) is 0 Å². The lowest BCUT2D eigenvalue weighted by atomic mass is 9.84. The normalized spacial score (nSPS) is 12.1. The van der Waals surface area contributed by atoms with Crippen molar-refractivity contribution in [1.82, 2.24) is 9.13 Å². The van der Waals surface area contributed by atoms with Gasteiger partial charge in [0.25, 0.3) is 0 Å². The van der Waals surface area contributed by atoms with Crippen LogP contribution in [0.5, 0.6) is 0 Å². The molecule has 17 aromatic rings. The third-order valence-electron chi connectivity index (χ3n) is 16.9. The average molecular weight is 1020 g/mol. The Kier molecular flexibility index (Phi) is 9.62. The van der Waals surface area contributed by atoms with Crippen LogP contribution in [0.1, 0.15) is 0 Å². The topological polar surface area (TPSA) is 9.86 Å². The summed E-state index contributed by atoms with van der Waals surface area (Å²) in [4.78, 5) is 0. The van der Waals surface area contributed by atoms with Gasteiger partial charge in [-0.1, -0.05) is 231 Å². The van der Waals surface area contributed by atoms with Crippen LogP contribution < -0.4 is 0 Å². The largest absolute Gasteiger partial charge is 0.309 e. The first-order valence-corrected chi connectivity index (χ1v) is 28.1. The highest BCUT2D eigenvalue weighted by molar-refractivity contribution is 7.26. The van der Waals surface area contributed by atoms with Crippen molar-refractivity contribution in [3.05, 3.63) is 279 Å². The number of thiophene rings is 1. The zero-order valence-corrected chi connectivity index (χ0v) is 43.7. The van der Waals surface area contributed by atoms with Crippen molar-refractivity contribution in [2.24, 2.45) is 0 Å². The van der Waals surface area contributed by atoms with Gasteiger partial charge in [0.2, 0.25) is 0 Å². The fraction of sp³-hybridized carbons (Fsp3) is 0. The SMILES string of the molecule is c1ccc(-n2c3ccccc3c3cccc(-c4c5ccccc5c(-c5ccc6c(c5)sc5cccc(-c7c8ccccc8c(-c8cccc9c%10ccccc%10n(-c%10ccccc%10)c89)c8ccccc78)c56)c5ccccc45)c32)cc1. The highest BCUT2D eigenvalue weighted by Crippen LogP contribution is 2.52. The number of hydrogen-bond donors (Lipinski definition) is 0. The lowest BCUT2D eigenvalue weighted by Gasteiger charge is -2.20. The van der Waals surface area contributed by atoms with Gasteiger partial charge in [0.15, 0.2) is 0 Å². The van der Waals surface area contributed by atoms with Crippen molar-refractivity contribution in [3.8, 4) is 55.9 Å². The Morgan fingerprint density at radius 1 is 0.228 bits per heavy atom. The Labute approximate surface area is 459 Å². The zero-order chi connectivity index (χ0) is 51.7. The molecule has 0 saturated heterocycles. The summed E-state index contributed by atoms with van der Waals surface area (Å²) in [6.45, 7) is 0.